The number of hydrogen-bond donors (Lipinski definition) is 2. The Morgan fingerprint density at radius 1 is 1.15 bits per heavy atom. The van der Waals surface area contributed by atoms with Crippen molar-refractivity contribution in [1.29, 1.82) is 0 Å². The molecule has 3 rings (SSSR count). The highest BCUT2D eigenvalue weighted by Gasteiger charge is 2.22. The third kappa shape index (κ3) is 6.37. The number of halogens is 1. The fraction of sp³-hybridized carbons (Fsp3) is 0.350. The van der Waals surface area contributed by atoms with Gasteiger partial charge in [0.2, 0.25) is 0 Å². The lowest BCUT2D eigenvalue weighted by Gasteiger charge is -2.34. The van der Waals surface area contributed by atoms with Gasteiger partial charge in [-0.1, -0.05) is 30.3 Å². The van der Waals surface area contributed by atoms with Crippen LogP contribution in [-0.2, 0) is 4.74 Å². The van der Waals surface area contributed by atoms with Crippen LogP contribution in [0.5, 0.6) is 5.75 Å². The molecule has 1 heterocycles. The predicted molar refractivity (Wildman–Crippen MR) is 120 cm³/mol. The number of aliphatic imine (C=N–C) groups is 1. The van der Waals surface area contributed by atoms with Crippen LogP contribution in [0.15, 0.2) is 59.6 Å². The Morgan fingerprint density at radius 3 is 2.44 bits per heavy atom. The van der Waals surface area contributed by atoms with Crippen molar-refractivity contribution in [2.45, 2.75) is 6.04 Å². The standard InChI is InChI=1S/C20H26N4O2.HI/c1-25-18-9-7-16(8-10-18)19(24-11-13-26-14-12-24)15-22-20(21)23-17-5-3-2-4-6-17;/h2-10,19H,11-15H2,1H3,(H3,21,22,23);1H. The predicted octanol–water partition coefficient (Wildman–Crippen LogP) is 3.11. The van der Waals surface area contributed by atoms with Gasteiger partial charge >= 0.3 is 0 Å². The molecule has 0 aliphatic carbocycles. The number of ether oxygens (including phenoxy) is 2. The number of morpholine rings is 1. The summed E-state index contributed by atoms with van der Waals surface area (Å²) < 4.78 is 10.8. The summed E-state index contributed by atoms with van der Waals surface area (Å²) in [6, 6.07) is 18.1. The molecular weight excluding hydrogens is 455 g/mol. The number of anilines is 1. The van der Waals surface area contributed by atoms with Crippen molar-refractivity contribution < 1.29 is 9.47 Å². The molecule has 0 aromatic heterocycles. The summed E-state index contributed by atoms with van der Waals surface area (Å²) in [5, 5.41) is 3.13. The summed E-state index contributed by atoms with van der Waals surface area (Å²) in [6.07, 6.45) is 0. The molecule has 7 heteroatoms. The van der Waals surface area contributed by atoms with Gasteiger partial charge in [-0.15, -0.1) is 24.0 Å². The minimum atomic E-state index is 0. The van der Waals surface area contributed by atoms with Crippen LogP contribution in [0, 0.1) is 0 Å². The van der Waals surface area contributed by atoms with Gasteiger partial charge in [0.25, 0.3) is 0 Å². The Morgan fingerprint density at radius 2 is 1.81 bits per heavy atom. The van der Waals surface area contributed by atoms with Crippen molar-refractivity contribution in [1.82, 2.24) is 4.90 Å². The van der Waals surface area contributed by atoms with Crippen LogP contribution >= 0.6 is 24.0 Å². The zero-order valence-corrected chi connectivity index (χ0v) is 17.8. The molecule has 1 aliphatic rings. The summed E-state index contributed by atoms with van der Waals surface area (Å²) in [7, 11) is 1.68. The first-order valence-electron chi connectivity index (χ1n) is 8.84. The molecule has 2 aromatic rings. The lowest BCUT2D eigenvalue weighted by molar-refractivity contribution is 0.0180. The van der Waals surface area contributed by atoms with Crippen LogP contribution in [0.25, 0.3) is 0 Å². The SMILES string of the molecule is COc1ccc(C(CN=C(N)Nc2ccccc2)N2CCOCC2)cc1.I. The van der Waals surface area contributed by atoms with Gasteiger partial charge in [-0.2, -0.15) is 0 Å². The van der Waals surface area contributed by atoms with E-state index in [9.17, 15) is 0 Å². The van der Waals surface area contributed by atoms with Crippen molar-refractivity contribution in [3.8, 4) is 5.75 Å². The molecule has 2 aromatic carbocycles. The van der Waals surface area contributed by atoms with E-state index in [4.69, 9.17) is 15.2 Å². The van der Waals surface area contributed by atoms with Crippen molar-refractivity contribution in [2.75, 3.05) is 45.3 Å². The highest BCUT2D eigenvalue weighted by atomic mass is 127. The molecule has 146 valence electrons. The van der Waals surface area contributed by atoms with E-state index in [1.165, 1.54) is 5.56 Å². The van der Waals surface area contributed by atoms with Gasteiger partial charge in [-0.3, -0.25) is 9.89 Å². The van der Waals surface area contributed by atoms with Crippen molar-refractivity contribution in [2.24, 2.45) is 10.7 Å². The Labute approximate surface area is 177 Å². The van der Waals surface area contributed by atoms with Gasteiger partial charge in [-0.25, -0.2) is 0 Å². The summed E-state index contributed by atoms with van der Waals surface area (Å²) >= 11 is 0. The van der Waals surface area contributed by atoms with Crippen LogP contribution in [0.2, 0.25) is 0 Å². The average molecular weight is 482 g/mol. The maximum Gasteiger partial charge on any atom is 0.193 e. The van der Waals surface area contributed by atoms with Crippen molar-refractivity contribution in [3.05, 3.63) is 60.2 Å². The van der Waals surface area contributed by atoms with Crippen molar-refractivity contribution >= 4 is 35.6 Å². The van der Waals surface area contributed by atoms with Crippen molar-refractivity contribution in [3.63, 3.8) is 0 Å². The van der Waals surface area contributed by atoms with E-state index in [0.717, 1.165) is 37.7 Å². The normalized spacial score (nSPS) is 16.3. The molecule has 0 bridgehead atoms. The third-order valence-electron chi connectivity index (χ3n) is 4.47. The van der Waals surface area contributed by atoms with Crippen LogP contribution in [0.3, 0.4) is 0 Å². The Kier molecular flexibility index (Phi) is 8.83. The number of benzene rings is 2. The van der Waals surface area contributed by atoms with E-state index < -0.39 is 0 Å². The zero-order valence-electron chi connectivity index (χ0n) is 15.5. The summed E-state index contributed by atoms with van der Waals surface area (Å²) in [5.41, 5.74) is 8.21. The third-order valence-corrected chi connectivity index (χ3v) is 4.47. The summed E-state index contributed by atoms with van der Waals surface area (Å²) in [5.74, 6) is 1.27. The quantitative estimate of drug-likeness (QED) is 0.376. The fourth-order valence-electron chi connectivity index (χ4n) is 3.04. The molecule has 6 nitrogen and oxygen atoms in total. The first kappa shape index (κ1) is 21.5. The number of nitrogens with one attached hydrogen (secondary N) is 1. The molecule has 1 fully saturated rings. The second-order valence-electron chi connectivity index (χ2n) is 6.15. The molecule has 3 N–H and O–H groups in total. The number of methoxy groups -OCH3 is 1. The van der Waals surface area contributed by atoms with E-state index >= 15 is 0 Å². The Hall–Kier alpha value is -1.84. The van der Waals surface area contributed by atoms with Crippen LogP contribution < -0.4 is 15.8 Å². The van der Waals surface area contributed by atoms with E-state index in [2.05, 4.69) is 27.3 Å². The zero-order chi connectivity index (χ0) is 18.2. The van der Waals surface area contributed by atoms with E-state index in [-0.39, 0.29) is 30.0 Å². The highest BCUT2D eigenvalue weighted by molar-refractivity contribution is 14.0. The van der Waals surface area contributed by atoms with Gasteiger partial charge in [-0.05, 0) is 29.8 Å². The lowest BCUT2D eigenvalue weighted by Crippen LogP contribution is -2.40. The van der Waals surface area contributed by atoms with Crippen LogP contribution in [0.1, 0.15) is 11.6 Å². The van der Waals surface area contributed by atoms with Gasteiger partial charge in [0, 0.05) is 18.8 Å². The monoisotopic (exact) mass is 482 g/mol. The number of para-hydroxylation sites is 1. The van der Waals surface area contributed by atoms with Crippen LogP contribution in [0.4, 0.5) is 5.69 Å². The molecule has 1 aliphatic heterocycles. The van der Waals surface area contributed by atoms with Gasteiger partial charge in [0.15, 0.2) is 5.96 Å². The van der Waals surface area contributed by atoms with E-state index in [0.29, 0.717) is 12.5 Å². The molecule has 0 radical (unpaired) electrons. The molecular formula is C20H27IN4O2. The maximum atomic E-state index is 6.08. The first-order valence-corrected chi connectivity index (χ1v) is 8.84. The Balaban J connectivity index is 0.00000261. The molecule has 1 saturated heterocycles. The number of guanidine groups is 1. The van der Waals surface area contributed by atoms with Crippen LogP contribution in [-0.4, -0.2) is 50.8 Å². The Bertz CT molecular complexity index is 704. The number of nitrogens with two attached hydrogens (primary N) is 1. The molecule has 27 heavy (non-hydrogen) atoms. The van der Waals surface area contributed by atoms with E-state index in [1.807, 2.05) is 42.5 Å². The second kappa shape index (κ2) is 11.1. The minimum absolute atomic E-state index is 0. The second-order valence-corrected chi connectivity index (χ2v) is 6.15. The lowest BCUT2D eigenvalue weighted by atomic mass is 10.0. The summed E-state index contributed by atoms with van der Waals surface area (Å²) in [6.45, 7) is 3.84. The first-order chi connectivity index (χ1) is 12.8. The largest absolute Gasteiger partial charge is 0.497 e. The van der Waals surface area contributed by atoms with Gasteiger partial charge in [0.1, 0.15) is 5.75 Å². The molecule has 0 saturated carbocycles. The smallest absolute Gasteiger partial charge is 0.193 e. The highest BCUT2D eigenvalue weighted by Crippen LogP contribution is 2.24. The van der Waals surface area contributed by atoms with E-state index in [1.54, 1.807) is 7.11 Å². The summed E-state index contributed by atoms with van der Waals surface area (Å²) in [4.78, 5) is 6.98. The average Bonchev–Trinajstić information content (AvgIpc) is 2.70. The fourth-order valence-corrected chi connectivity index (χ4v) is 3.04. The maximum absolute atomic E-state index is 6.08. The molecule has 0 amide bonds. The van der Waals surface area contributed by atoms with Gasteiger partial charge < -0.3 is 20.5 Å². The molecule has 1 atom stereocenters. The number of nitrogens with zero attached hydrogens (tertiary/aromatic N) is 2. The topological polar surface area (TPSA) is 72.1 Å². The molecule has 1 unspecified atom stereocenters. The minimum Gasteiger partial charge on any atom is -0.497 e. The number of hydrogen-bond acceptors (Lipinski definition) is 4. The molecule has 0 spiro atoms. The number of rotatable bonds is 6. The van der Waals surface area contributed by atoms with Gasteiger partial charge in [0.05, 0.1) is 32.9 Å².